The Labute approximate surface area is 179 Å². The SMILES string of the molecule is COc1ccc(C2=NN(C(=O)NC3CCCCC3)CC2CCc2ccccc2)cc1. The van der Waals surface area contributed by atoms with E-state index in [2.05, 4.69) is 29.6 Å². The van der Waals surface area contributed by atoms with Crippen molar-refractivity contribution in [2.24, 2.45) is 11.0 Å². The number of carbonyl (C=O) groups is 1. The largest absolute Gasteiger partial charge is 0.497 e. The Balaban J connectivity index is 1.48. The predicted molar refractivity (Wildman–Crippen MR) is 120 cm³/mol. The number of nitrogens with zero attached hydrogens (tertiary/aromatic N) is 2. The van der Waals surface area contributed by atoms with Gasteiger partial charge >= 0.3 is 6.03 Å². The number of rotatable bonds is 6. The Kier molecular flexibility index (Phi) is 6.67. The summed E-state index contributed by atoms with van der Waals surface area (Å²) < 4.78 is 5.29. The molecule has 1 N–H and O–H groups in total. The highest BCUT2D eigenvalue weighted by Gasteiger charge is 2.31. The molecule has 0 saturated heterocycles. The standard InChI is InChI=1S/C25H31N3O2/c1-30-23-16-14-20(15-17-23)24-21(13-12-19-8-4-2-5-9-19)18-28(27-24)25(29)26-22-10-6-3-7-11-22/h2,4-5,8-9,14-17,21-22H,3,6-7,10-13,18H2,1H3,(H,26,29). The van der Waals surface area contributed by atoms with E-state index >= 15 is 0 Å². The molecule has 5 heteroatoms. The molecule has 0 spiro atoms. The Hall–Kier alpha value is -2.82. The highest BCUT2D eigenvalue weighted by molar-refractivity contribution is 6.04. The molecule has 0 radical (unpaired) electrons. The normalized spacial score (nSPS) is 19.4. The Morgan fingerprint density at radius 2 is 1.80 bits per heavy atom. The van der Waals surface area contributed by atoms with Gasteiger partial charge in [0.1, 0.15) is 5.75 Å². The van der Waals surface area contributed by atoms with Crippen molar-refractivity contribution in [2.75, 3.05) is 13.7 Å². The maximum atomic E-state index is 12.9. The quantitative estimate of drug-likeness (QED) is 0.735. The minimum absolute atomic E-state index is 0.0601. The van der Waals surface area contributed by atoms with Crippen molar-refractivity contribution in [2.45, 2.75) is 51.0 Å². The molecule has 1 fully saturated rings. The minimum Gasteiger partial charge on any atom is -0.497 e. The average molecular weight is 406 g/mol. The smallest absolute Gasteiger partial charge is 0.338 e. The van der Waals surface area contributed by atoms with E-state index in [4.69, 9.17) is 9.84 Å². The van der Waals surface area contributed by atoms with E-state index in [1.54, 1.807) is 12.1 Å². The maximum Gasteiger partial charge on any atom is 0.338 e. The molecule has 2 aromatic carbocycles. The molecule has 2 amide bonds. The zero-order valence-electron chi connectivity index (χ0n) is 17.7. The van der Waals surface area contributed by atoms with Crippen LogP contribution in [0, 0.1) is 5.92 Å². The first kappa shape index (κ1) is 20.5. The summed E-state index contributed by atoms with van der Waals surface area (Å²) >= 11 is 0. The van der Waals surface area contributed by atoms with Crippen molar-refractivity contribution in [3.05, 3.63) is 65.7 Å². The van der Waals surface area contributed by atoms with Crippen molar-refractivity contribution in [1.29, 1.82) is 0 Å². The molecular weight excluding hydrogens is 374 g/mol. The number of urea groups is 1. The van der Waals surface area contributed by atoms with E-state index in [1.165, 1.54) is 24.8 Å². The number of hydrogen-bond donors (Lipinski definition) is 1. The molecule has 1 aliphatic heterocycles. The van der Waals surface area contributed by atoms with Crippen LogP contribution in [-0.4, -0.2) is 36.4 Å². The van der Waals surface area contributed by atoms with Crippen LogP contribution < -0.4 is 10.1 Å². The summed E-state index contributed by atoms with van der Waals surface area (Å²) in [6.45, 7) is 0.632. The first-order valence-electron chi connectivity index (χ1n) is 11.1. The Bertz CT molecular complexity index is 858. The Morgan fingerprint density at radius 3 is 2.50 bits per heavy atom. The van der Waals surface area contributed by atoms with Crippen LogP contribution in [0.2, 0.25) is 0 Å². The first-order valence-corrected chi connectivity index (χ1v) is 11.1. The lowest BCUT2D eigenvalue weighted by Gasteiger charge is -2.24. The molecule has 30 heavy (non-hydrogen) atoms. The zero-order chi connectivity index (χ0) is 20.8. The highest BCUT2D eigenvalue weighted by Crippen LogP contribution is 2.26. The number of amides is 2. The lowest BCUT2D eigenvalue weighted by atomic mass is 9.91. The summed E-state index contributed by atoms with van der Waals surface area (Å²) in [5, 5.41) is 9.62. The van der Waals surface area contributed by atoms with Crippen LogP contribution in [-0.2, 0) is 6.42 Å². The number of hydrazone groups is 1. The molecule has 4 rings (SSSR count). The monoisotopic (exact) mass is 405 g/mol. The van der Waals surface area contributed by atoms with Crippen LogP contribution in [0.3, 0.4) is 0 Å². The second-order valence-corrected chi connectivity index (χ2v) is 8.30. The average Bonchev–Trinajstić information content (AvgIpc) is 3.23. The molecule has 2 aliphatic rings. The van der Waals surface area contributed by atoms with Gasteiger partial charge in [0.2, 0.25) is 0 Å². The van der Waals surface area contributed by atoms with Crippen LogP contribution in [0.4, 0.5) is 4.79 Å². The number of ether oxygens (including phenoxy) is 1. The third kappa shape index (κ3) is 5.02. The van der Waals surface area contributed by atoms with Crippen LogP contribution in [0.15, 0.2) is 59.7 Å². The minimum atomic E-state index is -0.0601. The number of methoxy groups -OCH3 is 1. The van der Waals surface area contributed by atoms with Gasteiger partial charge in [-0.15, -0.1) is 0 Å². The van der Waals surface area contributed by atoms with Crippen LogP contribution in [0.1, 0.15) is 49.7 Å². The molecule has 0 bridgehead atoms. The zero-order valence-corrected chi connectivity index (χ0v) is 17.7. The van der Waals surface area contributed by atoms with Gasteiger partial charge in [0.25, 0.3) is 0 Å². The van der Waals surface area contributed by atoms with Gasteiger partial charge in [-0.25, -0.2) is 9.80 Å². The highest BCUT2D eigenvalue weighted by atomic mass is 16.5. The summed E-state index contributed by atoms with van der Waals surface area (Å²) in [4.78, 5) is 12.9. The molecular formula is C25H31N3O2. The number of carbonyl (C=O) groups excluding carboxylic acids is 1. The number of benzene rings is 2. The number of hydrogen-bond acceptors (Lipinski definition) is 3. The lowest BCUT2D eigenvalue weighted by molar-refractivity contribution is 0.193. The molecule has 1 heterocycles. The van der Waals surface area contributed by atoms with Gasteiger partial charge in [0.15, 0.2) is 0 Å². The first-order chi connectivity index (χ1) is 14.7. The van der Waals surface area contributed by atoms with Crippen molar-refractivity contribution >= 4 is 11.7 Å². The molecule has 0 aromatic heterocycles. The van der Waals surface area contributed by atoms with Gasteiger partial charge in [-0.05, 0) is 61.1 Å². The molecule has 1 saturated carbocycles. The van der Waals surface area contributed by atoms with E-state index in [9.17, 15) is 4.79 Å². The third-order valence-electron chi connectivity index (χ3n) is 6.19. The molecule has 1 aliphatic carbocycles. The second-order valence-electron chi connectivity index (χ2n) is 8.30. The third-order valence-corrected chi connectivity index (χ3v) is 6.19. The molecule has 5 nitrogen and oxygen atoms in total. The molecule has 158 valence electrons. The predicted octanol–water partition coefficient (Wildman–Crippen LogP) is 5.01. The molecule has 2 aromatic rings. The maximum absolute atomic E-state index is 12.9. The molecule has 1 unspecified atom stereocenters. The van der Waals surface area contributed by atoms with Crippen molar-refractivity contribution in [1.82, 2.24) is 10.3 Å². The number of nitrogens with one attached hydrogen (secondary N) is 1. The van der Waals surface area contributed by atoms with Crippen LogP contribution >= 0.6 is 0 Å². The lowest BCUT2D eigenvalue weighted by Crippen LogP contribution is -2.43. The molecule has 1 atom stereocenters. The van der Waals surface area contributed by atoms with Crippen molar-refractivity contribution < 1.29 is 9.53 Å². The van der Waals surface area contributed by atoms with E-state index < -0.39 is 0 Å². The van der Waals surface area contributed by atoms with Crippen molar-refractivity contribution in [3.63, 3.8) is 0 Å². The summed E-state index contributed by atoms with van der Waals surface area (Å²) in [6, 6.07) is 18.7. The summed E-state index contributed by atoms with van der Waals surface area (Å²) in [5.41, 5.74) is 3.37. The number of aryl methyl sites for hydroxylation is 1. The summed E-state index contributed by atoms with van der Waals surface area (Å²) in [5.74, 6) is 1.04. The van der Waals surface area contributed by atoms with Gasteiger partial charge in [0.05, 0.1) is 19.4 Å². The Morgan fingerprint density at radius 1 is 1.07 bits per heavy atom. The van der Waals surface area contributed by atoms with Gasteiger partial charge < -0.3 is 10.1 Å². The van der Waals surface area contributed by atoms with E-state index in [0.717, 1.165) is 42.7 Å². The van der Waals surface area contributed by atoms with Crippen molar-refractivity contribution in [3.8, 4) is 5.75 Å². The van der Waals surface area contributed by atoms with Gasteiger partial charge in [0, 0.05) is 12.0 Å². The van der Waals surface area contributed by atoms with Gasteiger partial charge in [-0.2, -0.15) is 5.10 Å². The second kappa shape index (κ2) is 9.79. The summed E-state index contributed by atoms with van der Waals surface area (Å²) in [7, 11) is 1.67. The fraction of sp³-hybridized carbons (Fsp3) is 0.440. The van der Waals surface area contributed by atoms with E-state index in [1.807, 2.05) is 30.3 Å². The fourth-order valence-corrected chi connectivity index (χ4v) is 4.44. The van der Waals surface area contributed by atoms with E-state index in [0.29, 0.717) is 6.54 Å². The topological polar surface area (TPSA) is 53.9 Å². The summed E-state index contributed by atoms with van der Waals surface area (Å²) in [6.07, 6.45) is 7.76. The van der Waals surface area contributed by atoms with Crippen LogP contribution in [0.25, 0.3) is 0 Å². The van der Waals surface area contributed by atoms with Gasteiger partial charge in [-0.3, -0.25) is 0 Å². The fourth-order valence-electron chi connectivity index (χ4n) is 4.44. The van der Waals surface area contributed by atoms with Gasteiger partial charge in [-0.1, -0.05) is 49.6 Å². The van der Waals surface area contributed by atoms with Crippen LogP contribution in [0.5, 0.6) is 5.75 Å². The van der Waals surface area contributed by atoms with E-state index in [-0.39, 0.29) is 18.0 Å².